The molecule has 0 aromatic heterocycles. The highest BCUT2D eigenvalue weighted by atomic mass is 16.2. The number of piperidine rings is 1. The molecule has 1 fully saturated rings. The van der Waals surface area contributed by atoms with E-state index in [4.69, 9.17) is 0 Å². The second kappa shape index (κ2) is 5.73. The molecule has 0 aromatic carbocycles. The zero-order valence-electron chi connectivity index (χ0n) is 9.51. The summed E-state index contributed by atoms with van der Waals surface area (Å²) < 4.78 is 0. The lowest BCUT2D eigenvalue weighted by Gasteiger charge is -2.25. The average Bonchev–Trinajstić information content (AvgIpc) is 2.23. The summed E-state index contributed by atoms with van der Waals surface area (Å²) in [5, 5.41) is 5.75. The third kappa shape index (κ3) is 3.53. The van der Waals surface area contributed by atoms with E-state index in [0.29, 0.717) is 13.0 Å². The number of hydrogen-bond acceptors (Lipinski definition) is 2. The fourth-order valence-electron chi connectivity index (χ4n) is 1.83. The minimum Gasteiger partial charge on any atom is -0.354 e. The highest BCUT2D eigenvalue weighted by Crippen LogP contribution is 2.09. The van der Waals surface area contributed by atoms with Gasteiger partial charge in [0.1, 0.15) is 0 Å². The lowest BCUT2D eigenvalue weighted by molar-refractivity contribution is -0.128. The Morgan fingerprint density at radius 2 is 2.20 bits per heavy atom. The van der Waals surface area contributed by atoms with Gasteiger partial charge in [-0.15, -0.1) is 0 Å². The predicted octanol–water partition coefficient (Wildman–Crippen LogP) is 0.817. The van der Waals surface area contributed by atoms with Crippen molar-refractivity contribution in [3.63, 3.8) is 0 Å². The van der Waals surface area contributed by atoms with Crippen LogP contribution in [0, 0.1) is 5.92 Å². The van der Waals surface area contributed by atoms with Crippen molar-refractivity contribution < 1.29 is 9.59 Å². The van der Waals surface area contributed by atoms with Gasteiger partial charge >= 0.3 is 0 Å². The average molecular weight is 212 g/mol. The normalized spacial score (nSPS) is 21.3. The lowest BCUT2D eigenvalue weighted by atomic mass is 10.0. The Labute approximate surface area is 90.8 Å². The number of carbonyl (C=O) groups excluding carboxylic acids is 2. The van der Waals surface area contributed by atoms with Gasteiger partial charge in [-0.25, -0.2) is 0 Å². The molecule has 2 amide bonds. The van der Waals surface area contributed by atoms with Crippen LogP contribution in [-0.2, 0) is 9.59 Å². The summed E-state index contributed by atoms with van der Waals surface area (Å²) in [6.45, 7) is 4.62. The van der Waals surface area contributed by atoms with Crippen LogP contribution < -0.4 is 10.6 Å². The van der Waals surface area contributed by atoms with Crippen molar-refractivity contribution in [1.82, 2.24) is 10.6 Å². The highest BCUT2D eigenvalue weighted by Gasteiger charge is 2.22. The maximum absolute atomic E-state index is 11.7. The molecule has 1 heterocycles. The molecule has 0 radical (unpaired) electrons. The first-order valence-electron chi connectivity index (χ1n) is 5.74. The van der Waals surface area contributed by atoms with Crippen molar-refractivity contribution in [2.75, 3.05) is 6.54 Å². The molecule has 86 valence electrons. The summed E-state index contributed by atoms with van der Waals surface area (Å²) in [5.74, 6) is 0.326. The molecular formula is C11H20N2O2. The lowest BCUT2D eigenvalue weighted by Crippen LogP contribution is -2.49. The van der Waals surface area contributed by atoms with Gasteiger partial charge in [0, 0.05) is 24.9 Å². The molecule has 1 unspecified atom stereocenters. The van der Waals surface area contributed by atoms with Crippen molar-refractivity contribution in [1.29, 1.82) is 0 Å². The van der Waals surface area contributed by atoms with Crippen molar-refractivity contribution in [3.8, 4) is 0 Å². The first kappa shape index (κ1) is 12.0. The molecule has 1 rings (SSSR count). The number of amides is 2. The molecule has 1 saturated heterocycles. The van der Waals surface area contributed by atoms with E-state index >= 15 is 0 Å². The Bertz CT molecular complexity index is 227. The Morgan fingerprint density at radius 3 is 2.67 bits per heavy atom. The summed E-state index contributed by atoms with van der Waals surface area (Å²) in [5.41, 5.74) is 0. The van der Waals surface area contributed by atoms with Crippen LogP contribution in [-0.4, -0.2) is 24.4 Å². The van der Waals surface area contributed by atoms with E-state index in [1.54, 1.807) is 0 Å². The minimum absolute atomic E-state index is 0.0861. The highest BCUT2D eigenvalue weighted by molar-refractivity contribution is 5.80. The molecule has 0 aromatic rings. The molecule has 4 nitrogen and oxygen atoms in total. The van der Waals surface area contributed by atoms with E-state index in [1.807, 2.05) is 13.8 Å². The third-order valence-electron chi connectivity index (χ3n) is 2.97. The Morgan fingerprint density at radius 1 is 1.53 bits per heavy atom. The van der Waals surface area contributed by atoms with Gasteiger partial charge in [0.2, 0.25) is 11.8 Å². The number of hydrogen-bond donors (Lipinski definition) is 2. The van der Waals surface area contributed by atoms with Crippen LogP contribution in [0.25, 0.3) is 0 Å². The number of nitrogens with one attached hydrogen (secondary N) is 2. The fourth-order valence-corrected chi connectivity index (χ4v) is 1.83. The van der Waals surface area contributed by atoms with Gasteiger partial charge in [0.25, 0.3) is 0 Å². The third-order valence-corrected chi connectivity index (χ3v) is 2.97. The van der Waals surface area contributed by atoms with E-state index in [0.717, 1.165) is 19.3 Å². The monoisotopic (exact) mass is 212 g/mol. The van der Waals surface area contributed by atoms with Gasteiger partial charge < -0.3 is 10.6 Å². The zero-order valence-corrected chi connectivity index (χ0v) is 9.51. The molecule has 0 saturated carbocycles. The van der Waals surface area contributed by atoms with Crippen molar-refractivity contribution in [3.05, 3.63) is 0 Å². The molecule has 0 spiro atoms. The Balaban J connectivity index is 2.34. The Hall–Kier alpha value is -1.06. The van der Waals surface area contributed by atoms with E-state index in [2.05, 4.69) is 10.6 Å². The molecule has 0 bridgehead atoms. The first-order chi connectivity index (χ1) is 7.17. The predicted molar refractivity (Wildman–Crippen MR) is 58.2 cm³/mol. The summed E-state index contributed by atoms with van der Waals surface area (Å²) >= 11 is 0. The zero-order chi connectivity index (χ0) is 11.3. The topological polar surface area (TPSA) is 58.2 Å². The van der Waals surface area contributed by atoms with Crippen LogP contribution in [0.1, 0.15) is 39.5 Å². The quantitative estimate of drug-likeness (QED) is 0.724. The maximum Gasteiger partial charge on any atom is 0.223 e. The van der Waals surface area contributed by atoms with Gasteiger partial charge in [0.05, 0.1) is 0 Å². The SMILES string of the molecule is CCC(CC)C(=O)NC1CCC(=O)NC1. The van der Waals surface area contributed by atoms with Crippen LogP contribution in [0.2, 0.25) is 0 Å². The van der Waals surface area contributed by atoms with Crippen LogP contribution >= 0.6 is 0 Å². The van der Waals surface area contributed by atoms with Gasteiger partial charge in [0.15, 0.2) is 0 Å². The maximum atomic E-state index is 11.7. The van der Waals surface area contributed by atoms with Crippen molar-refractivity contribution in [2.24, 2.45) is 5.92 Å². The van der Waals surface area contributed by atoms with E-state index < -0.39 is 0 Å². The molecule has 1 atom stereocenters. The van der Waals surface area contributed by atoms with Crippen molar-refractivity contribution >= 4 is 11.8 Å². The smallest absolute Gasteiger partial charge is 0.223 e. The molecular weight excluding hydrogens is 192 g/mol. The molecule has 2 N–H and O–H groups in total. The Kier molecular flexibility index (Phi) is 4.59. The number of carbonyl (C=O) groups is 2. The summed E-state index contributed by atoms with van der Waals surface area (Å²) in [4.78, 5) is 22.6. The van der Waals surface area contributed by atoms with Gasteiger partial charge in [-0.3, -0.25) is 9.59 Å². The minimum atomic E-state index is 0.0861. The molecule has 4 heteroatoms. The van der Waals surface area contributed by atoms with Crippen LogP contribution in [0.5, 0.6) is 0 Å². The molecule has 0 aliphatic carbocycles. The van der Waals surface area contributed by atoms with Crippen LogP contribution in [0.4, 0.5) is 0 Å². The number of rotatable bonds is 4. The molecule has 1 aliphatic heterocycles. The van der Waals surface area contributed by atoms with Crippen LogP contribution in [0.15, 0.2) is 0 Å². The summed E-state index contributed by atoms with van der Waals surface area (Å²) in [6.07, 6.45) is 3.04. The summed E-state index contributed by atoms with van der Waals surface area (Å²) in [7, 11) is 0. The first-order valence-corrected chi connectivity index (χ1v) is 5.74. The van der Waals surface area contributed by atoms with E-state index in [1.165, 1.54) is 0 Å². The standard InChI is InChI=1S/C11H20N2O2/c1-3-8(4-2)11(15)13-9-5-6-10(14)12-7-9/h8-9H,3-7H2,1-2H3,(H,12,14)(H,13,15). The van der Waals surface area contributed by atoms with E-state index in [-0.39, 0.29) is 23.8 Å². The summed E-state index contributed by atoms with van der Waals surface area (Å²) in [6, 6.07) is 0.121. The van der Waals surface area contributed by atoms with Gasteiger partial charge in [-0.2, -0.15) is 0 Å². The van der Waals surface area contributed by atoms with Crippen LogP contribution in [0.3, 0.4) is 0 Å². The largest absolute Gasteiger partial charge is 0.354 e. The van der Waals surface area contributed by atoms with Gasteiger partial charge in [-0.1, -0.05) is 13.8 Å². The fraction of sp³-hybridized carbons (Fsp3) is 0.818. The molecule has 15 heavy (non-hydrogen) atoms. The van der Waals surface area contributed by atoms with E-state index in [9.17, 15) is 9.59 Å². The second-order valence-corrected chi connectivity index (χ2v) is 4.06. The molecule has 1 aliphatic rings. The van der Waals surface area contributed by atoms with Gasteiger partial charge in [-0.05, 0) is 19.3 Å². The second-order valence-electron chi connectivity index (χ2n) is 4.06. The van der Waals surface area contributed by atoms with Crippen molar-refractivity contribution in [2.45, 2.75) is 45.6 Å².